The molecule has 1 aliphatic rings. The maximum atomic E-state index is 14.1. The van der Waals surface area contributed by atoms with Crippen molar-refractivity contribution in [2.45, 2.75) is 10.3 Å². The number of nitrogen functional groups attached to an aromatic ring is 1. The molecule has 13 heteroatoms. The van der Waals surface area contributed by atoms with Crippen LogP contribution < -0.4 is 16.4 Å². The molecule has 1 aliphatic carbocycles. The molecule has 0 radical (unpaired) electrons. The highest BCUT2D eigenvalue weighted by atomic mass is 35.5. The molecule has 2 amide bonds. The van der Waals surface area contributed by atoms with E-state index in [-0.39, 0.29) is 37.0 Å². The number of benzene rings is 3. The van der Waals surface area contributed by atoms with E-state index in [0.29, 0.717) is 11.6 Å². The molecular weight excluding hydrogens is 601 g/mol. The normalized spacial score (nSPS) is 18.0. The second-order valence-electron chi connectivity index (χ2n) is 7.92. The minimum absolute atomic E-state index is 0.00497. The molecular formula is C23H13Cl6F2N3O2. The van der Waals surface area contributed by atoms with Gasteiger partial charge in [-0.05, 0) is 42.0 Å². The Morgan fingerprint density at radius 3 is 2.14 bits per heavy atom. The molecule has 0 heterocycles. The first-order chi connectivity index (χ1) is 16.8. The minimum atomic E-state index is -1.45. The molecule has 3 aromatic carbocycles. The lowest BCUT2D eigenvalue weighted by Gasteiger charge is -2.12. The van der Waals surface area contributed by atoms with Gasteiger partial charge in [0, 0.05) is 17.7 Å². The van der Waals surface area contributed by atoms with E-state index in [4.69, 9.17) is 75.3 Å². The van der Waals surface area contributed by atoms with Gasteiger partial charge in [0.15, 0.2) is 5.82 Å². The fraction of sp³-hybridized carbons (Fsp3) is 0.130. The van der Waals surface area contributed by atoms with Gasteiger partial charge in [-0.3, -0.25) is 9.59 Å². The summed E-state index contributed by atoms with van der Waals surface area (Å²) in [5.41, 5.74) is 5.47. The van der Waals surface area contributed by atoms with Crippen LogP contribution in [0.3, 0.4) is 0 Å². The second kappa shape index (κ2) is 10.0. The number of carbonyl (C=O) groups excluding carboxylic acids is 2. The van der Waals surface area contributed by atoms with Crippen molar-refractivity contribution in [3.63, 3.8) is 0 Å². The summed E-state index contributed by atoms with van der Waals surface area (Å²) in [4.78, 5) is 25.7. The molecule has 1 saturated carbocycles. The standard InChI is InChI=1S/C23H13Cl6F2N3O2/c24-12-2-1-10(7-11(12)21(35)34-20-15(31)5-9(30)6-16(20)32)33-22(36)18-17(23(18,28)29)8-3-13(25)19(27)14(26)4-8/h1-7,17-18H,32H2,(H,33,36)(H,34,35)/t17-,18+/m0/s1. The van der Waals surface area contributed by atoms with Crippen LogP contribution in [0.5, 0.6) is 0 Å². The number of anilines is 3. The Morgan fingerprint density at radius 2 is 1.53 bits per heavy atom. The van der Waals surface area contributed by atoms with E-state index in [2.05, 4.69) is 10.6 Å². The lowest BCUT2D eigenvalue weighted by atomic mass is 10.1. The van der Waals surface area contributed by atoms with E-state index in [1.807, 2.05) is 0 Å². The Bertz CT molecular complexity index is 1370. The van der Waals surface area contributed by atoms with Gasteiger partial charge in [-0.2, -0.15) is 0 Å². The van der Waals surface area contributed by atoms with Crippen LogP contribution in [0.2, 0.25) is 20.1 Å². The molecule has 188 valence electrons. The number of hydrogen-bond donors (Lipinski definition) is 3. The summed E-state index contributed by atoms with van der Waals surface area (Å²) >= 11 is 37.0. The van der Waals surface area contributed by atoms with Gasteiger partial charge in [-0.15, -0.1) is 23.2 Å². The molecule has 5 nitrogen and oxygen atoms in total. The Balaban J connectivity index is 1.54. The van der Waals surface area contributed by atoms with Gasteiger partial charge in [-0.1, -0.05) is 46.4 Å². The molecule has 4 rings (SSSR count). The lowest BCUT2D eigenvalue weighted by Crippen LogP contribution is -2.19. The van der Waals surface area contributed by atoms with Gasteiger partial charge in [-0.25, -0.2) is 8.78 Å². The smallest absolute Gasteiger partial charge is 0.257 e. The van der Waals surface area contributed by atoms with Gasteiger partial charge < -0.3 is 16.4 Å². The Hall–Kier alpha value is -2.00. The van der Waals surface area contributed by atoms with Crippen LogP contribution in [-0.2, 0) is 4.79 Å². The van der Waals surface area contributed by atoms with Crippen molar-refractivity contribution in [2.75, 3.05) is 16.4 Å². The Morgan fingerprint density at radius 1 is 0.889 bits per heavy atom. The van der Waals surface area contributed by atoms with Crippen LogP contribution in [0, 0.1) is 17.6 Å². The summed E-state index contributed by atoms with van der Waals surface area (Å²) in [7, 11) is 0. The Kier molecular flexibility index (Phi) is 7.55. The SMILES string of the molecule is Nc1cc(F)cc(F)c1NC(=O)c1cc(NC(=O)[C@H]2[C@H](c3cc(Cl)c(Cl)c(Cl)c3)C2(Cl)Cl)ccc1Cl. The summed E-state index contributed by atoms with van der Waals surface area (Å²) in [5, 5.41) is 5.41. The number of halogens is 8. The molecule has 0 aliphatic heterocycles. The van der Waals surface area contributed by atoms with E-state index < -0.39 is 45.3 Å². The van der Waals surface area contributed by atoms with E-state index in [1.165, 1.54) is 30.3 Å². The van der Waals surface area contributed by atoms with Crippen molar-refractivity contribution in [1.29, 1.82) is 0 Å². The molecule has 0 bridgehead atoms. The van der Waals surface area contributed by atoms with Gasteiger partial charge in [0.1, 0.15) is 15.8 Å². The topological polar surface area (TPSA) is 84.2 Å². The predicted molar refractivity (Wildman–Crippen MR) is 141 cm³/mol. The minimum Gasteiger partial charge on any atom is -0.397 e. The molecule has 3 aromatic rings. The molecule has 0 unspecified atom stereocenters. The number of rotatable bonds is 5. The second-order valence-corrected chi connectivity index (χ2v) is 11.0. The van der Waals surface area contributed by atoms with Crippen LogP contribution >= 0.6 is 69.6 Å². The molecule has 2 atom stereocenters. The number of nitrogens with two attached hydrogens (primary N) is 1. The van der Waals surface area contributed by atoms with Crippen LogP contribution in [0.1, 0.15) is 21.8 Å². The number of hydrogen-bond acceptors (Lipinski definition) is 3. The van der Waals surface area contributed by atoms with E-state index in [9.17, 15) is 18.4 Å². The average molecular weight is 614 g/mol. The van der Waals surface area contributed by atoms with Crippen LogP contribution in [0.25, 0.3) is 0 Å². The highest BCUT2D eigenvalue weighted by molar-refractivity contribution is 6.54. The van der Waals surface area contributed by atoms with Gasteiger partial charge in [0.2, 0.25) is 5.91 Å². The molecule has 1 fully saturated rings. The van der Waals surface area contributed by atoms with E-state index >= 15 is 0 Å². The average Bonchev–Trinajstić information content (AvgIpc) is 3.37. The summed E-state index contributed by atoms with van der Waals surface area (Å²) < 4.78 is 25.9. The first-order valence-corrected chi connectivity index (χ1v) is 12.3. The highest BCUT2D eigenvalue weighted by Gasteiger charge is 2.67. The molecule has 0 saturated heterocycles. The zero-order chi connectivity index (χ0) is 26.5. The van der Waals surface area contributed by atoms with Gasteiger partial charge in [0.05, 0.1) is 37.3 Å². The maximum Gasteiger partial charge on any atom is 0.257 e. The third-order valence-corrected chi connectivity index (χ3v) is 7.97. The fourth-order valence-electron chi connectivity index (χ4n) is 3.73. The molecule has 0 spiro atoms. The van der Waals surface area contributed by atoms with Gasteiger partial charge in [0.25, 0.3) is 5.91 Å². The zero-order valence-electron chi connectivity index (χ0n) is 17.6. The first-order valence-electron chi connectivity index (χ1n) is 9.99. The van der Waals surface area contributed by atoms with E-state index in [1.54, 1.807) is 0 Å². The number of amides is 2. The van der Waals surface area contributed by atoms with Gasteiger partial charge >= 0.3 is 0 Å². The Labute approximate surface area is 233 Å². The maximum absolute atomic E-state index is 14.1. The van der Waals surface area contributed by atoms with Crippen molar-refractivity contribution in [1.82, 2.24) is 0 Å². The lowest BCUT2D eigenvalue weighted by molar-refractivity contribution is -0.117. The highest BCUT2D eigenvalue weighted by Crippen LogP contribution is 2.65. The van der Waals surface area contributed by atoms with Crippen molar-refractivity contribution < 1.29 is 18.4 Å². The van der Waals surface area contributed by atoms with Crippen molar-refractivity contribution in [3.05, 3.63) is 85.3 Å². The van der Waals surface area contributed by atoms with Crippen LogP contribution in [0.4, 0.5) is 25.8 Å². The predicted octanol–water partition coefficient (Wildman–Crippen LogP) is 7.94. The summed E-state index contributed by atoms with van der Waals surface area (Å²) in [6.07, 6.45) is 0. The molecule has 0 aromatic heterocycles. The number of carbonyl (C=O) groups is 2. The summed E-state index contributed by atoms with van der Waals surface area (Å²) in [6.45, 7) is 0. The quantitative estimate of drug-likeness (QED) is 0.155. The zero-order valence-corrected chi connectivity index (χ0v) is 22.1. The van der Waals surface area contributed by atoms with Crippen molar-refractivity contribution in [2.24, 2.45) is 5.92 Å². The molecule has 4 N–H and O–H groups in total. The monoisotopic (exact) mass is 611 g/mol. The first kappa shape index (κ1) is 27.0. The van der Waals surface area contributed by atoms with Crippen molar-refractivity contribution >= 4 is 98.5 Å². The molecule has 36 heavy (non-hydrogen) atoms. The van der Waals surface area contributed by atoms with Crippen LogP contribution in [-0.4, -0.2) is 16.1 Å². The van der Waals surface area contributed by atoms with Crippen LogP contribution in [0.15, 0.2) is 42.5 Å². The number of alkyl halides is 2. The fourth-order valence-corrected chi connectivity index (χ4v) is 5.37. The largest absolute Gasteiger partial charge is 0.397 e. The third kappa shape index (κ3) is 5.19. The third-order valence-electron chi connectivity index (χ3n) is 5.50. The van der Waals surface area contributed by atoms with Crippen molar-refractivity contribution in [3.8, 4) is 0 Å². The van der Waals surface area contributed by atoms with E-state index in [0.717, 1.165) is 6.07 Å². The summed E-state index contributed by atoms with van der Waals surface area (Å²) in [6, 6.07) is 8.55. The summed E-state index contributed by atoms with van der Waals surface area (Å²) in [5.74, 6) is -4.87. The number of nitrogens with one attached hydrogen (secondary N) is 2.